The quantitative estimate of drug-likeness (QED) is 0.164. The Morgan fingerprint density at radius 2 is 1.24 bits per heavy atom. The van der Waals surface area contributed by atoms with E-state index >= 15 is 0 Å². The number of benzene rings is 8. The third-order valence-electron chi connectivity index (χ3n) is 15.5. The standard InChI is InChI=1S/C62H53BN2OS/c1-60(2,3)41-27-31-50(46(35-41)39-20-12-9-13-21-39)64-52-37-47-43-22-15-17-25-54(43)67-58(47)55-44-29-26-40(38-18-10-8-11-19-38)34-51(44)65(42-28-30-48-49(36-42)62(6,7)33-32-61(48,4)5)63(56(52)55)59-57(64)45-23-14-16-24-53(45)66-59/h8-31,34-37H,32-33H2,1-7H3. The van der Waals surface area contributed by atoms with Gasteiger partial charge in [-0.3, -0.25) is 0 Å². The number of fused-ring (bicyclic) bond motifs is 11. The average molecular weight is 885 g/mol. The zero-order valence-electron chi connectivity index (χ0n) is 39.4. The van der Waals surface area contributed by atoms with Gasteiger partial charge in [0.1, 0.15) is 11.2 Å². The van der Waals surface area contributed by atoms with E-state index in [-0.39, 0.29) is 23.1 Å². The summed E-state index contributed by atoms with van der Waals surface area (Å²) in [6, 6.07) is 63.9. The molecule has 1 aliphatic carbocycles. The van der Waals surface area contributed by atoms with Gasteiger partial charge in [0.2, 0.25) is 0 Å². The predicted molar refractivity (Wildman–Crippen MR) is 288 cm³/mol. The van der Waals surface area contributed by atoms with Crippen molar-refractivity contribution in [2.45, 2.75) is 77.6 Å². The third kappa shape index (κ3) is 6.03. The molecule has 2 aromatic heterocycles. The van der Waals surface area contributed by atoms with Gasteiger partial charge in [0.15, 0.2) is 0 Å². The first-order chi connectivity index (χ1) is 32.4. The van der Waals surface area contributed by atoms with Gasteiger partial charge in [0.05, 0.1) is 11.4 Å². The van der Waals surface area contributed by atoms with E-state index in [2.05, 4.69) is 228 Å². The zero-order valence-corrected chi connectivity index (χ0v) is 40.2. The molecule has 0 saturated heterocycles. The minimum Gasteiger partial charge on any atom is -0.466 e. The molecule has 67 heavy (non-hydrogen) atoms. The number of thiophene rings is 1. The summed E-state index contributed by atoms with van der Waals surface area (Å²) in [5.74, 6) is 0. The fourth-order valence-electron chi connectivity index (χ4n) is 11.8. The smallest absolute Gasteiger partial charge is 0.376 e. The predicted octanol–water partition coefficient (Wildman–Crippen LogP) is 16.5. The van der Waals surface area contributed by atoms with Gasteiger partial charge in [0.25, 0.3) is 0 Å². The molecule has 0 unspecified atom stereocenters. The summed E-state index contributed by atoms with van der Waals surface area (Å²) in [5, 5.41) is 3.68. The van der Waals surface area contributed by atoms with Crippen molar-refractivity contribution in [1.29, 1.82) is 0 Å². The van der Waals surface area contributed by atoms with Crippen molar-refractivity contribution in [2.24, 2.45) is 0 Å². The van der Waals surface area contributed by atoms with Crippen LogP contribution in [0.3, 0.4) is 0 Å². The maximum Gasteiger partial charge on any atom is 0.376 e. The molecular weight excluding hydrogens is 832 g/mol. The Morgan fingerprint density at radius 3 is 2.00 bits per heavy atom. The molecule has 0 amide bonds. The van der Waals surface area contributed by atoms with E-state index in [1.165, 1.54) is 99.2 Å². The van der Waals surface area contributed by atoms with Gasteiger partial charge in [0, 0.05) is 59.3 Å². The summed E-state index contributed by atoms with van der Waals surface area (Å²) in [6.45, 7) is 16.4. The number of hydrogen-bond acceptors (Lipinski definition) is 4. The Bertz CT molecular complexity index is 3650. The molecule has 0 radical (unpaired) electrons. The van der Waals surface area contributed by atoms with E-state index < -0.39 is 0 Å². The molecule has 8 aromatic carbocycles. The SMILES string of the molecule is CC(C)(C)c1ccc(N2c3cc4c(sc5ccccc54)c4c3B(c3oc5ccccc5c32)N(c2ccc3c(c2)C(C)(C)CCC3(C)C)c2cc(-c3ccccc3)ccc2-4)c(-c2ccccc2)c1. The van der Waals surface area contributed by atoms with E-state index in [1.54, 1.807) is 0 Å². The topological polar surface area (TPSA) is 19.6 Å². The first-order valence-electron chi connectivity index (χ1n) is 24.0. The lowest BCUT2D eigenvalue weighted by Gasteiger charge is -2.46. The Balaban J connectivity index is 1.20. The van der Waals surface area contributed by atoms with Crippen LogP contribution in [0.1, 0.15) is 78.0 Å². The van der Waals surface area contributed by atoms with Crippen LogP contribution in [0.5, 0.6) is 0 Å². The van der Waals surface area contributed by atoms with E-state index in [4.69, 9.17) is 4.42 Å². The van der Waals surface area contributed by atoms with Crippen molar-refractivity contribution >= 4 is 88.9 Å². The Hall–Kier alpha value is -6.82. The van der Waals surface area contributed by atoms with E-state index in [9.17, 15) is 0 Å². The van der Waals surface area contributed by atoms with E-state index in [1.807, 2.05) is 11.3 Å². The second-order valence-electron chi connectivity index (χ2n) is 21.5. The minimum absolute atomic E-state index is 0.0264. The van der Waals surface area contributed by atoms with Gasteiger partial charge in [-0.2, -0.15) is 0 Å². The van der Waals surface area contributed by atoms with Crippen LogP contribution in [-0.2, 0) is 16.2 Å². The minimum atomic E-state index is -0.274. The van der Waals surface area contributed by atoms with Crippen molar-refractivity contribution in [3.05, 3.63) is 187 Å². The zero-order chi connectivity index (χ0) is 45.6. The molecule has 13 rings (SSSR count). The van der Waals surface area contributed by atoms with Crippen LogP contribution in [0, 0.1) is 0 Å². The van der Waals surface area contributed by atoms with Gasteiger partial charge in [-0.25, -0.2) is 0 Å². The normalized spacial score (nSPS) is 15.7. The molecule has 0 saturated carbocycles. The highest BCUT2D eigenvalue weighted by Crippen LogP contribution is 2.56. The van der Waals surface area contributed by atoms with Crippen LogP contribution in [-0.4, -0.2) is 6.85 Å². The molecule has 4 heterocycles. The second-order valence-corrected chi connectivity index (χ2v) is 22.6. The van der Waals surface area contributed by atoms with E-state index in [0.29, 0.717) is 0 Å². The van der Waals surface area contributed by atoms with Crippen LogP contribution in [0.15, 0.2) is 174 Å². The number of furan rings is 1. The Kier molecular flexibility index (Phi) is 8.66. The largest absolute Gasteiger partial charge is 0.466 e. The Labute approximate surface area is 398 Å². The molecule has 0 bridgehead atoms. The molecule has 326 valence electrons. The van der Waals surface area contributed by atoms with Crippen LogP contribution < -0.4 is 20.8 Å². The molecule has 2 aliphatic heterocycles. The van der Waals surface area contributed by atoms with Gasteiger partial charge >= 0.3 is 6.85 Å². The summed E-state index contributed by atoms with van der Waals surface area (Å²) in [6.07, 6.45) is 2.32. The van der Waals surface area contributed by atoms with Crippen molar-refractivity contribution in [3.8, 4) is 33.4 Å². The van der Waals surface area contributed by atoms with Crippen LogP contribution in [0.25, 0.3) is 64.5 Å². The molecule has 0 fully saturated rings. The lowest BCUT2D eigenvalue weighted by Crippen LogP contribution is -2.61. The number of anilines is 5. The van der Waals surface area contributed by atoms with Crippen molar-refractivity contribution in [3.63, 3.8) is 0 Å². The van der Waals surface area contributed by atoms with Crippen molar-refractivity contribution in [2.75, 3.05) is 9.71 Å². The van der Waals surface area contributed by atoms with Crippen LogP contribution in [0.2, 0.25) is 0 Å². The lowest BCUT2D eigenvalue weighted by molar-refractivity contribution is 0.332. The second kappa shape index (κ2) is 14.3. The van der Waals surface area contributed by atoms with E-state index in [0.717, 1.165) is 34.4 Å². The highest BCUT2D eigenvalue weighted by Gasteiger charge is 2.50. The lowest BCUT2D eigenvalue weighted by atomic mass is 9.45. The molecule has 3 aliphatic rings. The molecule has 0 spiro atoms. The van der Waals surface area contributed by atoms with Crippen LogP contribution in [0.4, 0.5) is 28.4 Å². The first-order valence-corrected chi connectivity index (χ1v) is 24.8. The fraction of sp³-hybridized carbons (Fsp3) is 0.194. The van der Waals surface area contributed by atoms with Crippen molar-refractivity contribution in [1.82, 2.24) is 0 Å². The van der Waals surface area contributed by atoms with Gasteiger partial charge in [-0.05, 0) is 123 Å². The highest BCUT2D eigenvalue weighted by atomic mass is 32.1. The first kappa shape index (κ1) is 40.5. The number of para-hydroxylation sites is 1. The maximum absolute atomic E-state index is 7.47. The van der Waals surface area contributed by atoms with Gasteiger partial charge in [-0.1, -0.05) is 164 Å². The molecule has 5 heteroatoms. The number of nitrogens with zero attached hydrogens (tertiary/aromatic N) is 2. The molecule has 10 aromatic rings. The average Bonchev–Trinajstić information content (AvgIpc) is 3.92. The summed E-state index contributed by atoms with van der Waals surface area (Å²) in [4.78, 5) is 5.24. The molecule has 0 N–H and O–H groups in total. The van der Waals surface area contributed by atoms with Gasteiger partial charge < -0.3 is 14.1 Å². The summed E-state index contributed by atoms with van der Waals surface area (Å²) >= 11 is 1.92. The molecule has 0 atom stereocenters. The van der Waals surface area contributed by atoms with Crippen molar-refractivity contribution < 1.29 is 4.42 Å². The third-order valence-corrected chi connectivity index (χ3v) is 16.7. The molecular formula is C62H53BN2OS. The monoisotopic (exact) mass is 884 g/mol. The summed E-state index contributed by atoms with van der Waals surface area (Å²) in [5.41, 5.74) is 20.6. The summed E-state index contributed by atoms with van der Waals surface area (Å²) in [7, 11) is 0. The number of hydrogen-bond donors (Lipinski definition) is 0. The van der Waals surface area contributed by atoms with Crippen LogP contribution >= 0.6 is 11.3 Å². The van der Waals surface area contributed by atoms with Gasteiger partial charge in [-0.15, -0.1) is 11.3 Å². The highest BCUT2D eigenvalue weighted by molar-refractivity contribution is 7.26. The summed E-state index contributed by atoms with van der Waals surface area (Å²) < 4.78 is 10.1. The number of rotatable bonds is 4. The maximum atomic E-state index is 7.47. The molecule has 3 nitrogen and oxygen atoms in total. The Morgan fingerprint density at radius 1 is 0.552 bits per heavy atom. The fourth-order valence-corrected chi connectivity index (χ4v) is 13.0.